The molecule has 1 fully saturated rings. The van der Waals surface area contributed by atoms with Crippen molar-refractivity contribution in [2.45, 2.75) is 59.7 Å². The summed E-state index contributed by atoms with van der Waals surface area (Å²) in [6.45, 7) is 9.69. The fraction of sp³-hybridized carbons (Fsp3) is 0.500. The van der Waals surface area contributed by atoms with E-state index in [1.807, 2.05) is 18.4 Å². The molecule has 0 radical (unpaired) electrons. The summed E-state index contributed by atoms with van der Waals surface area (Å²) in [7, 11) is 0. The van der Waals surface area contributed by atoms with Gasteiger partial charge in [0.1, 0.15) is 0 Å². The number of hydrogen-bond acceptors (Lipinski definition) is 4. The largest absolute Gasteiger partial charge is 0.298 e. The van der Waals surface area contributed by atoms with Gasteiger partial charge in [-0.1, -0.05) is 13.0 Å². The van der Waals surface area contributed by atoms with Crippen LogP contribution in [-0.2, 0) is 13.1 Å². The van der Waals surface area contributed by atoms with Crippen molar-refractivity contribution in [3.63, 3.8) is 0 Å². The Morgan fingerprint density at radius 1 is 1.12 bits per heavy atom. The van der Waals surface area contributed by atoms with Crippen LogP contribution in [0.3, 0.4) is 0 Å². The highest BCUT2D eigenvalue weighted by atomic mass is 16.1. The summed E-state index contributed by atoms with van der Waals surface area (Å²) in [5, 5.41) is 0. The lowest BCUT2D eigenvalue weighted by atomic mass is 10.1. The molecule has 0 saturated heterocycles. The minimum Gasteiger partial charge on any atom is -0.298 e. The Balaban J connectivity index is 1.87. The molecule has 4 rings (SSSR count). The van der Waals surface area contributed by atoms with E-state index < -0.39 is 0 Å². The van der Waals surface area contributed by atoms with Crippen molar-refractivity contribution in [1.29, 1.82) is 0 Å². The molecule has 1 aliphatic heterocycles. The number of anilines is 2. The SMILES string of the molecule is CCc1c(C)nc2n(c1=O)CN(C1CC1)CN2c1ccc(C)c(C)c1. The molecule has 0 spiro atoms. The highest BCUT2D eigenvalue weighted by Gasteiger charge is 2.36. The van der Waals surface area contributed by atoms with Gasteiger partial charge in [0.2, 0.25) is 5.95 Å². The van der Waals surface area contributed by atoms with Gasteiger partial charge < -0.3 is 0 Å². The third kappa shape index (κ3) is 2.76. The van der Waals surface area contributed by atoms with Crippen molar-refractivity contribution in [2.75, 3.05) is 11.6 Å². The molecule has 2 aliphatic rings. The second-order valence-corrected chi connectivity index (χ2v) is 7.36. The number of aromatic nitrogens is 2. The lowest BCUT2D eigenvalue weighted by molar-refractivity contribution is 0.188. The second-order valence-electron chi connectivity index (χ2n) is 7.36. The van der Waals surface area contributed by atoms with E-state index >= 15 is 0 Å². The normalized spacial score (nSPS) is 17.7. The molecule has 25 heavy (non-hydrogen) atoms. The van der Waals surface area contributed by atoms with E-state index in [1.165, 1.54) is 24.0 Å². The summed E-state index contributed by atoms with van der Waals surface area (Å²) in [6, 6.07) is 7.08. The fourth-order valence-electron chi connectivity index (χ4n) is 3.66. The summed E-state index contributed by atoms with van der Waals surface area (Å²) in [6.07, 6.45) is 3.18. The van der Waals surface area contributed by atoms with Crippen LogP contribution in [0.4, 0.5) is 11.6 Å². The van der Waals surface area contributed by atoms with E-state index in [-0.39, 0.29) is 5.56 Å². The molecular weight excluding hydrogens is 312 g/mol. The minimum atomic E-state index is 0.115. The van der Waals surface area contributed by atoms with Gasteiger partial charge in [-0.2, -0.15) is 0 Å². The van der Waals surface area contributed by atoms with Crippen molar-refractivity contribution in [3.8, 4) is 0 Å². The van der Waals surface area contributed by atoms with Crippen LogP contribution in [0.25, 0.3) is 0 Å². The highest BCUT2D eigenvalue weighted by molar-refractivity contribution is 5.60. The van der Waals surface area contributed by atoms with Crippen molar-refractivity contribution >= 4 is 11.6 Å². The first-order chi connectivity index (χ1) is 12.0. The molecule has 132 valence electrons. The maximum atomic E-state index is 13.0. The third-order valence-corrected chi connectivity index (χ3v) is 5.56. The topological polar surface area (TPSA) is 41.4 Å². The Hall–Kier alpha value is -2.14. The van der Waals surface area contributed by atoms with Crippen molar-refractivity contribution in [2.24, 2.45) is 0 Å². The van der Waals surface area contributed by atoms with Crippen molar-refractivity contribution in [1.82, 2.24) is 14.5 Å². The van der Waals surface area contributed by atoms with Gasteiger partial charge in [0, 0.05) is 23.0 Å². The number of hydrogen-bond donors (Lipinski definition) is 0. The van der Waals surface area contributed by atoms with Gasteiger partial charge >= 0.3 is 0 Å². The fourth-order valence-corrected chi connectivity index (χ4v) is 3.66. The number of benzene rings is 1. The van der Waals surface area contributed by atoms with E-state index in [2.05, 4.69) is 41.8 Å². The monoisotopic (exact) mass is 338 g/mol. The average molecular weight is 338 g/mol. The molecule has 0 amide bonds. The standard InChI is InChI=1S/C20H26N4O/c1-5-18-15(4)21-20-23(17-7-6-13(2)14(3)10-17)11-22(16-8-9-16)12-24(20)19(18)25/h6-7,10,16H,5,8-9,11-12H2,1-4H3. The van der Waals surface area contributed by atoms with Crippen LogP contribution in [0.5, 0.6) is 0 Å². The zero-order chi connectivity index (χ0) is 17.7. The Labute approximate surface area is 148 Å². The van der Waals surface area contributed by atoms with Crippen LogP contribution in [0.15, 0.2) is 23.0 Å². The smallest absolute Gasteiger partial charge is 0.259 e. The molecular formula is C20H26N4O. The van der Waals surface area contributed by atoms with E-state index in [0.717, 1.165) is 36.0 Å². The zero-order valence-electron chi connectivity index (χ0n) is 15.5. The summed E-state index contributed by atoms with van der Waals surface area (Å²) in [5.74, 6) is 0.778. The first kappa shape index (κ1) is 16.3. The molecule has 0 N–H and O–H groups in total. The first-order valence-electron chi connectivity index (χ1n) is 9.18. The number of nitrogens with zero attached hydrogens (tertiary/aromatic N) is 4. The molecule has 2 heterocycles. The molecule has 0 bridgehead atoms. The third-order valence-electron chi connectivity index (χ3n) is 5.56. The second kappa shape index (κ2) is 5.99. The molecule has 0 unspecified atom stereocenters. The van der Waals surface area contributed by atoms with E-state index in [0.29, 0.717) is 12.7 Å². The van der Waals surface area contributed by atoms with E-state index in [1.54, 1.807) is 0 Å². The minimum absolute atomic E-state index is 0.115. The predicted octanol–water partition coefficient (Wildman–Crippen LogP) is 3.26. The van der Waals surface area contributed by atoms with Gasteiger partial charge in [-0.15, -0.1) is 0 Å². The van der Waals surface area contributed by atoms with Gasteiger partial charge in [-0.3, -0.25) is 19.2 Å². The molecule has 5 heteroatoms. The van der Waals surface area contributed by atoms with Gasteiger partial charge in [0.25, 0.3) is 5.56 Å². The zero-order valence-corrected chi connectivity index (χ0v) is 15.5. The number of aryl methyl sites for hydroxylation is 3. The molecule has 0 atom stereocenters. The van der Waals surface area contributed by atoms with Crippen LogP contribution in [0.1, 0.15) is 42.1 Å². The Morgan fingerprint density at radius 3 is 2.52 bits per heavy atom. The Bertz CT molecular complexity index is 882. The van der Waals surface area contributed by atoms with Crippen LogP contribution >= 0.6 is 0 Å². The Morgan fingerprint density at radius 2 is 1.88 bits per heavy atom. The van der Waals surface area contributed by atoms with Crippen LogP contribution in [0.2, 0.25) is 0 Å². The Kier molecular flexibility index (Phi) is 3.91. The number of fused-ring (bicyclic) bond motifs is 1. The molecule has 2 aromatic rings. The van der Waals surface area contributed by atoms with Gasteiger partial charge in [0.15, 0.2) is 0 Å². The van der Waals surface area contributed by atoms with E-state index in [9.17, 15) is 4.79 Å². The quantitative estimate of drug-likeness (QED) is 0.861. The molecule has 1 saturated carbocycles. The van der Waals surface area contributed by atoms with Crippen LogP contribution in [-0.4, -0.2) is 27.2 Å². The van der Waals surface area contributed by atoms with Gasteiger partial charge in [-0.25, -0.2) is 4.98 Å². The predicted molar refractivity (Wildman–Crippen MR) is 100 cm³/mol. The maximum Gasteiger partial charge on any atom is 0.259 e. The average Bonchev–Trinajstić information content (AvgIpc) is 3.42. The van der Waals surface area contributed by atoms with Gasteiger partial charge in [0.05, 0.1) is 13.3 Å². The first-order valence-corrected chi connectivity index (χ1v) is 9.18. The molecule has 1 aromatic heterocycles. The van der Waals surface area contributed by atoms with Crippen LogP contribution in [0, 0.1) is 20.8 Å². The maximum absolute atomic E-state index is 13.0. The molecule has 1 aromatic carbocycles. The van der Waals surface area contributed by atoms with Crippen molar-refractivity contribution < 1.29 is 0 Å². The summed E-state index contributed by atoms with van der Waals surface area (Å²) >= 11 is 0. The van der Waals surface area contributed by atoms with Gasteiger partial charge in [-0.05, 0) is 63.3 Å². The summed E-state index contributed by atoms with van der Waals surface area (Å²) < 4.78 is 1.86. The molecule has 1 aliphatic carbocycles. The molecule has 5 nitrogen and oxygen atoms in total. The lowest BCUT2D eigenvalue weighted by Crippen LogP contribution is -2.48. The van der Waals surface area contributed by atoms with Crippen molar-refractivity contribution in [3.05, 3.63) is 50.9 Å². The summed E-state index contributed by atoms with van der Waals surface area (Å²) in [4.78, 5) is 22.5. The number of rotatable bonds is 3. The van der Waals surface area contributed by atoms with E-state index in [4.69, 9.17) is 4.98 Å². The van der Waals surface area contributed by atoms with Crippen LogP contribution < -0.4 is 10.5 Å². The lowest BCUT2D eigenvalue weighted by Gasteiger charge is -2.38. The highest BCUT2D eigenvalue weighted by Crippen LogP contribution is 2.34. The summed E-state index contributed by atoms with van der Waals surface area (Å²) in [5.41, 5.74) is 5.45.